The Morgan fingerprint density at radius 2 is 2.16 bits per heavy atom. The molecule has 0 aliphatic heterocycles. The smallest absolute Gasteiger partial charge is 0.293 e. The first-order valence-corrected chi connectivity index (χ1v) is 6.79. The van der Waals surface area contributed by atoms with Crippen molar-refractivity contribution in [3.05, 3.63) is 17.8 Å². The van der Waals surface area contributed by atoms with Gasteiger partial charge in [-0.15, -0.1) is 0 Å². The summed E-state index contributed by atoms with van der Waals surface area (Å²) in [6.07, 6.45) is 4.91. The fourth-order valence-corrected chi connectivity index (χ4v) is 1.83. The van der Waals surface area contributed by atoms with E-state index in [0.717, 1.165) is 12.3 Å². The van der Waals surface area contributed by atoms with Crippen molar-refractivity contribution in [1.82, 2.24) is 4.98 Å². The molecule has 0 unspecified atom stereocenters. The van der Waals surface area contributed by atoms with Gasteiger partial charge in [-0.3, -0.25) is 4.79 Å². The van der Waals surface area contributed by atoms with Gasteiger partial charge >= 0.3 is 0 Å². The molecule has 5 heteroatoms. The van der Waals surface area contributed by atoms with Crippen LogP contribution in [0, 0.1) is 5.92 Å². The van der Waals surface area contributed by atoms with Gasteiger partial charge in [-0.1, -0.05) is 0 Å². The van der Waals surface area contributed by atoms with Gasteiger partial charge in [0.25, 0.3) is 6.47 Å². The molecule has 102 valence electrons. The number of rotatable bonds is 8. The molecule has 2 aliphatic carbocycles. The topological polar surface area (TPSA) is 60.5 Å². The molecule has 2 fully saturated rings. The molecule has 3 rings (SSSR count). The van der Waals surface area contributed by atoms with E-state index in [1.54, 1.807) is 0 Å². The van der Waals surface area contributed by atoms with Crippen LogP contribution in [0.3, 0.4) is 0 Å². The number of hydrogen-bond donors (Lipinski definition) is 1. The number of carbonyl (C=O) groups is 1. The summed E-state index contributed by atoms with van der Waals surface area (Å²) in [5.41, 5.74) is 1.65. The second-order valence-corrected chi connectivity index (χ2v) is 5.24. The molecule has 19 heavy (non-hydrogen) atoms. The van der Waals surface area contributed by atoms with Gasteiger partial charge < -0.3 is 14.8 Å². The summed E-state index contributed by atoms with van der Waals surface area (Å²) in [6.45, 7) is 1.35. The number of nitrogens with zero attached hydrogens (tertiary/aromatic N) is 1. The fourth-order valence-electron chi connectivity index (χ4n) is 1.83. The van der Waals surface area contributed by atoms with E-state index in [9.17, 15) is 4.79 Å². The van der Waals surface area contributed by atoms with E-state index in [2.05, 4.69) is 10.3 Å². The largest absolute Gasteiger partial charge is 0.476 e. The predicted molar refractivity (Wildman–Crippen MR) is 70.0 cm³/mol. The Morgan fingerprint density at radius 1 is 1.32 bits per heavy atom. The Bertz CT molecular complexity index is 456. The van der Waals surface area contributed by atoms with Gasteiger partial charge in [-0.25, -0.2) is 4.98 Å². The van der Waals surface area contributed by atoms with Crippen molar-refractivity contribution in [2.24, 2.45) is 5.92 Å². The van der Waals surface area contributed by atoms with Crippen molar-refractivity contribution in [2.45, 2.75) is 38.3 Å². The molecular formula is C14H18N2O3. The van der Waals surface area contributed by atoms with Gasteiger partial charge in [-0.05, 0) is 43.7 Å². The highest BCUT2D eigenvalue weighted by Crippen LogP contribution is 2.33. The van der Waals surface area contributed by atoms with Crippen LogP contribution in [0.25, 0.3) is 0 Å². The Balaban J connectivity index is 1.69. The second-order valence-electron chi connectivity index (χ2n) is 5.24. The van der Waals surface area contributed by atoms with Gasteiger partial charge in [0.15, 0.2) is 0 Å². The predicted octanol–water partition coefficient (Wildman–Crippen LogP) is 2.12. The minimum Gasteiger partial charge on any atom is -0.476 e. The highest BCUT2D eigenvalue weighted by atomic mass is 16.5. The molecule has 2 saturated carbocycles. The quantitative estimate of drug-likeness (QED) is 0.727. The Labute approximate surface area is 112 Å². The molecular weight excluding hydrogens is 244 g/mol. The SMILES string of the molecule is O=COCc1ccc(NC2CC2)c(OCC2CC2)n1. The van der Waals surface area contributed by atoms with Crippen LogP contribution < -0.4 is 10.1 Å². The van der Waals surface area contributed by atoms with E-state index in [1.165, 1.54) is 25.7 Å². The summed E-state index contributed by atoms with van der Waals surface area (Å²) in [7, 11) is 0. The molecule has 5 nitrogen and oxygen atoms in total. The zero-order chi connectivity index (χ0) is 13.1. The third kappa shape index (κ3) is 3.59. The summed E-state index contributed by atoms with van der Waals surface area (Å²) in [6, 6.07) is 4.37. The summed E-state index contributed by atoms with van der Waals surface area (Å²) >= 11 is 0. The second kappa shape index (κ2) is 5.47. The number of aromatic nitrogens is 1. The standard InChI is InChI=1S/C14H18N2O3/c17-9-18-8-12-5-6-13(15-11-3-4-11)14(16-12)19-7-10-1-2-10/h5-6,9-11,15H,1-4,7-8H2. The number of ether oxygens (including phenoxy) is 2. The van der Waals surface area contributed by atoms with Crippen molar-refractivity contribution in [3.63, 3.8) is 0 Å². The minimum absolute atomic E-state index is 0.187. The van der Waals surface area contributed by atoms with E-state index in [4.69, 9.17) is 9.47 Å². The van der Waals surface area contributed by atoms with Crippen molar-refractivity contribution < 1.29 is 14.3 Å². The van der Waals surface area contributed by atoms with Crippen LogP contribution in [0.1, 0.15) is 31.4 Å². The fraction of sp³-hybridized carbons (Fsp3) is 0.571. The van der Waals surface area contributed by atoms with Crippen LogP contribution in [-0.2, 0) is 16.1 Å². The molecule has 1 aromatic rings. The normalized spacial score (nSPS) is 17.9. The number of anilines is 1. The van der Waals surface area contributed by atoms with Crippen LogP contribution in [0.15, 0.2) is 12.1 Å². The van der Waals surface area contributed by atoms with Crippen LogP contribution >= 0.6 is 0 Å². The summed E-state index contributed by atoms with van der Waals surface area (Å²) in [5, 5.41) is 3.41. The number of carbonyl (C=O) groups excluding carboxylic acids is 1. The first-order chi connectivity index (χ1) is 9.35. The first-order valence-electron chi connectivity index (χ1n) is 6.79. The van der Waals surface area contributed by atoms with E-state index in [0.29, 0.717) is 30.0 Å². The lowest BCUT2D eigenvalue weighted by molar-refractivity contribution is -0.129. The first kappa shape index (κ1) is 12.3. The van der Waals surface area contributed by atoms with Crippen molar-refractivity contribution >= 4 is 12.2 Å². The molecule has 0 atom stereocenters. The van der Waals surface area contributed by atoms with E-state index in [-0.39, 0.29) is 6.61 Å². The maximum Gasteiger partial charge on any atom is 0.293 e. The van der Waals surface area contributed by atoms with Crippen LogP contribution in [0.4, 0.5) is 5.69 Å². The van der Waals surface area contributed by atoms with Crippen LogP contribution in [0.5, 0.6) is 5.88 Å². The monoisotopic (exact) mass is 262 g/mol. The van der Waals surface area contributed by atoms with Gasteiger partial charge in [0.2, 0.25) is 5.88 Å². The van der Waals surface area contributed by atoms with Gasteiger partial charge in [0.1, 0.15) is 6.61 Å². The summed E-state index contributed by atoms with van der Waals surface area (Å²) < 4.78 is 10.5. The molecule has 1 heterocycles. The Hall–Kier alpha value is -1.78. The van der Waals surface area contributed by atoms with E-state index in [1.807, 2.05) is 12.1 Å². The summed E-state index contributed by atoms with van der Waals surface area (Å²) in [4.78, 5) is 14.6. The number of nitrogens with one attached hydrogen (secondary N) is 1. The van der Waals surface area contributed by atoms with Gasteiger partial charge in [0, 0.05) is 6.04 Å². The number of pyridine rings is 1. The number of hydrogen-bond acceptors (Lipinski definition) is 5. The minimum atomic E-state index is 0.187. The molecule has 0 radical (unpaired) electrons. The highest BCUT2D eigenvalue weighted by Gasteiger charge is 2.25. The molecule has 0 saturated heterocycles. The molecule has 1 aromatic heterocycles. The lowest BCUT2D eigenvalue weighted by Gasteiger charge is -2.13. The van der Waals surface area contributed by atoms with E-state index >= 15 is 0 Å². The maximum atomic E-state index is 10.2. The third-order valence-electron chi connectivity index (χ3n) is 3.31. The third-order valence-corrected chi connectivity index (χ3v) is 3.31. The average Bonchev–Trinajstić information content (AvgIpc) is 3.30. The molecule has 0 spiro atoms. The molecule has 1 N–H and O–H groups in total. The molecule has 2 aliphatic rings. The lowest BCUT2D eigenvalue weighted by atomic mass is 10.3. The maximum absolute atomic E-state index is 10.2. The summed E-state index contributed by atoms with van der Waals surface area (Å²) in [5.74, 6) is 1.32. The van der Waals surface area contributed by atoms with Gasteiger partial charge in [0.05, 0.1) is 18.0 Å². The zero-order valence-electron chi connectivity index (χ0n) is 10.8. The van der Waals surface area contributed by atoms with Crippen molar-refractivity contribution in [2.75, 3.05) is 11.9 Å². The van der Waals surface area contributed by atoms with Crippen molar-refractivity contribution in [1.29, 1.82) is 0 Å². The highest BCUT2D eigenvalue weighted by molar-refractivity contribution is 5.54. The lowest BCUT2D eigenvalue weighted by Crippen LogP contribution is -2.09. The van der Waals surface area contributed by atoms with Crippen molar-refractivity contribution in [3.8, 4) is 5.88 Å². The van der Waals surface area contributed by atoms with Crippen LogP contribution in [-0.4, -0.2) is 24.1 Å². The average molecular weight is 262 g/mol. The molecule has 0 aromatic carbocycles. The van der Waals surface area contributed by atoms with Crippen LogP contribution in [0.2, 0.25) is 0 Å². The molecule has 0 bridgehead atoms. The van der Waals surface area contributed by atoms with E-state index < -0.39 is 0 Å². The Kier molecular flexibility index (Phi) is 3.53. The zero-order valence-corrected chi connectivity index (χ0v) is 10.8. The Morgan fingerprint density at radius 3 is 2.84 bits per heavy atom. The molecule has 0 amide bonds. The van der Waals surface area contributed by atoms with Gasteiger partial charge in [-0.2, -0.15) is 0 Å².